The fraction of sp³-hybridized carbons (Fsp3) is 1.00. The van der Waals surface area contributed by atoms with E-state index in [-0.39, 0.29) is 0 Å². The number of nitrogens with zero attached hydrogens (tertiary/aromatic N) is 1. The Morgan fingerprint density at radius 1 is 1.36 bits per heavy atom. The molecule has 0 rings (SSSR count). The van der Waals surface area contributed by atoms with Crippen LogP contribution < -0.4 is 5.32 Å². The average Bonchev–Trinajstić information content (AvgIpc) is 2.21. The molecule has 0 aromatic heterocycles. The summed E-state index contributed by atoms with van der Waals surface area (Å²) < 4.78 is 5.26. The quantitative estimate of drug-likeness (QED) is 0.571. The maximum absolute atomic E-state index is 5.26. The van der Waals surface area contributed by atoms with E-state index >= 15 is 0 Å². The molecule has 0 bridgehead atoms. The van der Waals surface area contributed by atoms with E-state index in [1.807, 2.05) is 6.92 Å². The summed E-state index contributed by atoms with van der Waals surface area (Å²) in [5.41, 5.74) is 0. The zero-order valence-electron chi connectivity index (χ0n) is 10.2. The lowest BCUT2D eigenvalue weighted by Gasteiger charge is -2.23. The van der Waals surface area contributed by atoms with E-state index in [9.17, 15) is 0 Å². The first-order valence-corrected chi connectivity index (χ1v) is 5.71. The number of hydrogen-bond acceptors (Lipinski definition) is 3. The Bertz CT molecular complexity index is 120. The molecule has 3 nitrogen and oxygen atoms in total. The van der Waals surface area contributed by atoms with E-state index in [1.54, 1.807) is 0 Å². The summed E-state index contributed by atoms with van der Waals surface area (Å²) in [6, 6.07) is 0.618. The van der Waals surface area contributed by atoms with Crippen molar-refractivity contribution in [3.63, 3.8) is 0 Å². The van der Waals surface area contributed by atoms with Crippen molar-refractivity contribution in [3.8, 4) is 0 Å². The van der Waals surface area contributed by atoms with Crippen molar-refractivity contribution in [1.29, 1.82) is 0 Å². The van der Waals surface area contributed by atoms with Gasteiger partial charge < -0.3 is 15.0 Å². The predicted molar refractivity (Wildman–Crippen MR) is 61.7 cm³/mol. The van der Waals surface area contributed by atoms with Gasteiger partial charge >= 0.3 is 0 Å². The Balaban J connectivity index is 3.18. The molecule has 0 saturated heterocycles. The van der Waals surface area contributed by atoms with Gasteiger partial charge in [0.25, 0.3) is 0 Å². The molecule has 0 aromatic rings. The third-order valence-electron chi connectivity index (χ3n) is 2.54. The van der Waals surface area contributed by atoms with E-state index in [4.69, 9.17) is 4.74 Å². The monoisotopic (exact) mass is 202 g/mol. The third kappa shape index (κ3) is 7.30. The van der Waals surface area contributed by atoms with Gasteiger partial charge in [0.05, 0.1) is 0 Å². The summed E-state index contributed by atoms with van der Waals surface area (Å²) in [7, 11) is 2.16. The van der Waals surface area contributed by atoms with E-state index in [0.29, 0.717) is 6.04 Å². The van der Waals surface area contributed by atoms with Crippen molar-refractivity contribution in [2.75, 3.05) is 39.9 Å². The van der Waals surface area contributed by atoms with Crippen LogP contribution in [0.5, 0.6) is 0 Å². The molecule has 0 fully saturated rings. The van der Waals surface area contributed by atoms with Crippen LogP contribution >= 0.6 is 0 Å². The summed E-state index contributed by atoms with van der Waals surface area (Å²) in [4.78, 5) is 2.34. The molecule has 0 aliphatic rings. The maximum atomic E-state index is 5.26. The van der Waals surface area contributed by atoms with E-state index in [0.717, 1.165) is 39.3 Å². The number of nitrogens with one attached hydrogen (secondary N) is 1. The minimum absolute atomic E-state index is 0.618. The molecule has 1 N–H and O–H groups in total. The van der Waals surface area contributed by atoms with E-state index < -0.39 is 0 Å². The zero-order valence-corrected chi connectivity index (χ0v) is 10.2. The van der Waals surface area contributed by atoms with Crippen molar-refractivity contribution in [2.24, 2.45) is 0 Å². The zero-order chi connectivity index (χ0) is 10.8. The normalized spacial score (nSPS) is 13.5. The Kier molecular flexibility index (Phi) is 9.35. The first-order valence-electron chi connectivity index (χ1n) is 5.71. The highest BCUT2D eigenvalue weighted by atomic mass is 16.5. The van der Waals surface area contributed by atoms with Crippen molar-refractivity contribution >= 4 is 0 Å². The van der Waals surface area contributed by atoms with Gasteiger partial charge in [0.1, 0.15) is 0 Å². The van der Waals surface area contributed by atoms with Gasteiger partial charge in [-0.1, -0.05) is 6.92 Å². The lowest BCUT2D eigenvalue weighted by molar-refractivity contribution is 0.144. The molecular weight excluding hydrogens is 176 g/mol. The molecule has 86 valence electrons. The summed E-state index contributed by atoms with van der Waals surface area (Å²) in [6.45, 7) is 11.4. The SMILES string of the molecule is CCOCCCNCC(C)N(C)CC. The number of rotatable bonds is 9. The van der Waals surface area contributed by atoms with Gasteiger partial charge in [0.15, 0.2) is 0 Å². The lowest BCUT2D eigenvalue weighted by Crippen LogP contribution is -2.38. The van der Waals surface area contributed by atoms with Crippen LogP contribution in [0.3, 0.4) is 0 Å². The highest BCUT2D eigenvalue weighted by Gasteiger charge is 2.04. The Labute approximate surface area is 88.8 Å². The topological polar surface area (TPSA) is 24.5 Å². The van der Waals surface area contributed by atoms with Crippen LogP contribution in [0.1, 0.15) is 27.2 Å². The molecule has 0 saturated carbocycles. The maximum Gasteiger partial charge on any atom is 0.0477 e. The van der Waals surface area contributed by atoms with Crippen LogP contribution in [0.25, 0.3) is 0 Å². The van der Waals surface area contributed by atoms with Crippen LogP contribution in [0.15, 0.2) is 0 Å². The van der Waals surface area contributed by atoms with Gasteiger partial charge in [-0.05, 0) is 40.4 Å². The molecule has 1 atom stereocenters. The first kappa shape index (κ1) is 13.9. The largest absolute Gasteiger partial charge is 0.382 e. The molecule has 0 heterocycles. The molecule has 3 heteroatoms. The van der Waals surface area contributed by atoms with E-state index in [2.05, 4.69) is 31.1 Å². The average molecular weight is 202 g/mol. The first-order chi connectivity index (χ1) is 6.72. The van der Waals surface area contributed by atoms with E-state index in [1.165, 1.54) is 0 Å². The van der Waals surface area contributed by atoms with Crippen molar-refractivity contribution in [1.82, 2.24) is 10.2 Å². The molecule has 14 heavy (non-hydrogen) atoms. The van der Waals surface area contributed by atoms with Crippen molar-refractivity contribution < 1.29 is 4.74 Å². The molecular formula is C11H26N2O. The lowest BCUT2D eigenvalue weighted by atomic mass is 10.3. The van der Waals surface area contributed by atoms with Gasteiger partial charge in [-0.25, -0.2) is 0 Å². The minimum Gasteiger partial charge on any atom is -0.382 e. The third-order valence-corrected chi connectivity index (χ3v) is 2.54. The fourth-order valence-corrected chi connectivity index (χ4v) is 1.22. The molecule has 0 aliphatic carbocycles. The summed E-state index contributed by atoms with van der Waals surface area (Å²) >= 11 is 0. The van der Waals surface area contributed by atoms with Crippen LogP contribution in [-0.4, -0.2) is 50.8 Å². The van der Waals surface area contributed by atoms with Crippen LogP contribution in [0.2, 0.25) is 0 Å². The Morgan fingerprint density at radius 3 is 2.64 bits per heavy atom. The van der Waals surface area contributed by atoms with Gasteiger partial charge in [-0.15, -0.1) is 0 Å². The summed E-state index contributed by atoms with van der Waals surface area (Å²) in [5, 5.41) is 3.44. The summed E-state index contributed by atoms with van der Waals surface area (Å²) in [6.07, 6.45) is 1.11. The van der Waals surface area contributed by atoms with Crippen molar-refractivity contribution in [2.45, 2.75) is 33.2 Å². The fourth-order valence-electron chi connectivity index (χ4n) is 1.22. The summed E-state index contributed by atoms with van der Waals surface area (Å²) in [5.74, 6) is 0. The molecule has 0 radical (unpaired) electrons. The van der Waals surface area contributed by atoms with Crippen LogP contribution in [-0.2, 0) is 4.74 Å². The van der Waals surface area contributed by atoms with Gasteiger partial charge in [0, 0.05) is 25.8 Å². The Morgan fingerprint density at radius 2 is 2.07 bits per heavy atom. The standard InChI is InChI=1S/C11H26N2O/c1-5-13(4)11(3)10-12-8-7-9-14-6-2/h11-12H,5-10H2,1-4H3. The Hall–Kier alpha value is -0.120. The van der Waals surface area contributed by atoms with Crippen LogP contribution in [0.4, 0.5) is 0 Å². The van der Waals surface area contributed by atoms with Crippen LogP contribution in [0, 0.1) is 0 Å². The second-order valence-corrected chi connectivity index (χ2v) is 3.68. The second kappa shape index (κ2) is 9.44. The predicted octanol–water partition coefficient (Wildman–Crippen LogP) is 1.34. The number of likely N-dealkylation sites (N-methyl/N-ethyl adjacent to an activating group) is 1. The molecule has 0 aromatic carbocycles. The molecule has 1 unspecified atom stereocenters. The number of ether oxygens (including phenoxy) is 1. The van der Waals surface area contributed by atoms with Crippen molar-refractivity contribution in [3.05, 3.63) is 0 Å². The highest BCUT2D eigenvalue weighted by Crippen LogP contribution is 1.92. The molecule has 0 amide bonds. The van der Waals surface area contributed by atoms with Gasteiger partial charge in [-0.2, -0.15) is 0 Å². The second-order valence-electron chi connectivity index (χ2n) is 3.68. The highest BCUT2D eigenvalue weighted by molar-refractivity contribution is 4.64. The minimum atomic E-state index is 0.618. The number of hydrogen-bond donors (Lipinski definition) is 1. The molecule has 0 aliphatic heterocycles. The molecule has 0 spiro atoms. The van der Waals surface area contributed by atoms with Gasteiger partial charge in [0.2, 0.25) is 0 Å². The smallest absolute Gasteiger partial charge is 0.0477 e. The van der Waals surface area contributed by atoms with Gasteiger partial charge in [-0.3, -0.25) is 0 Å².